The van der Waals surface area contributed by atoms with E-state index in [4.69, 9.17) is 16.3 Å². The Balaban J connectivity index is 1.49. The molecule has 0 saturated carbocycles. The van der Waals surface area contributed by atoms with Crippen molar-refractivity contribution in [3.63, 3.8) is 0 Å². The van der Waals surface area contributed by atoms with E-state index in [-0.39, 0.29) is 18.0 Å². The highest BCUT2D eigenvalue weighted by atomic mass is 35.5. The third-order valence-electron chi connectivity index (χ3n) is 4.18. The van der Waals surface area contributed by atoms with Crippen molar-refractivity contribution >= 4 is 29.2 Å². The Morgan fingerprint density at radius 2 is 1.74 bits per heavy atom. The molecule has 2 fully saturated rings. The van der Waals surface area contributed by atoms with E-state index in [1.165, 1.54) is 0 Å². The van der Waals surface area contributed by atoms with Crippen LogP contribution in [0.2, 0.25) is 5.02 Å². The van der Waals surface area contributed by atoms with Gasteiger partial charge in [0.1, 0.15) is 6.10 Å². The highest BCUT2D eigenvalue weighted by Crippen LogP contribution is 2.17. The number of hydrogen-bond donors (Lipinski definition) is 1. The molecule has 1 N–H and O–H groups in total. The fraction of sp³-hybridized carbons (Fsp3) is 0.500. The molecule has 3 rings (SSSR count). The van der Waals surface area contributed by atoms with E-state index in [1.807, 2.05) is 0 Å². The zero-order valence-electron chi connectivity index (χ0n) is 12.8. The maximum atomic E-state index is 12.3. The summed E-state index contributed by atoms with van der Waals surface area (Å²) in [5.41, 5.74) is 0.706. The number of anilines is 1. The molecule has 0 unspecified atom stereocenters. The van der Waals surface area contributed by atoms with Gasteiger partial charge >= 0.3 is 6.03 Å². The van der Waals surface area contributed by atoms with Gasteiger partial charge in [0, 0.05) is 43.5 Å². The summed E-state index contributed by atoms with van der Waals surface area (Å²) >= 11 is 5.83. The number of hydrogen-bond acceptors (Lipinski definition) is 3. The van der Waals surface area contributed by atoms with Gasteiger partial charge in [-0.2, -0.15) is 0 Å². The number of rotatable bonds is 2. The second kappa shape index (κ2) is 7.19. The topological polar surface area (TPSA) is 61.9 Å². The van der Waals surface area contributed by atoms with Gasteiger partial charge in [0.2, 0.25) is 0 Å². The zero-order valence-corrected chi connectivity index (χ0v) is 13.6. The fourth-order valence-corrected chi connectivity index (χ4v) is 2.97. The first-order chi connectivity index (χ1) is 11.1. The van der Waals surface area contributed by atoms with Gasteiger partial charge in [-0.1, -0.05) is 11.6 Å². The van der Waals surface area contributed by atoms with Crippen LogP contribution >= 0.6 is 11.6 Å². The molecule has 0 spiro atoms. The second-order valence-corrected chi connectivity index (χ2v) is 6.19. The summed E-state index contributed by atoms with van der Waals surface area (Å²) in [6.45, 7) is 2.81. The van der Waals surface area contributed by atoms with Crippen LogP contribution in [0.5, 0.6) is 0 Å². The summed E-state index contributed by atoms with van der Waals surface area (Å²) in [6, 6.07) is 6.83. The van der Waals surface area contributed by atoms with E-state index in [1.54, 1.807) is 34.1 Å². The molecule has 2 saturated heterocycles. The Labute approximate surface area is 140 Å². The molecule has 2 aliphatic rings. The van der Waals surface area contributed by atoms with Gasteiger partial charge in [0.15, 0.2) is 0 Å². The Morgan fingerprint density at radius 3 is 2.35 bits per heavy atom. The highest BCUT2D eigenvalue weighted by molar-refractivity contribution is 6.30. The average Bonchev–Trinajstić information content (AvgIpc) is 3.11. The SMILES string of the molecule is O=C(Nc1ccc(Cl)cc1)N1CCN(C(=O)[C@@H]2CCCO2)CC1. The predicted octanol–water partition coefficient (Wildman–Crippen LogP) is 2.20. The van der Waals surface area contributed by atoms with Crippen molar-refractivity contribution in [2.75, 3.05) is 38.1 Å². The Kier molecular flexibility index (Phi) is 5.03. The number of carbonyl (C=O) groups excluding carboxylic acids is 2. The molecule has 1 aromatic rings. The minimum Gasteiger partial charge on any atom is -0.368 e. The van der Waals surface area contributed by atoms with Gasteiger partial charge in [0.05, 0.1) is 0 Å². The first-order valence-corrected chi connectivity index (χ1v) is 8.23. The molecule has 124 valence electrons. The maximum absolute atomic E-state index is 12.3. The number of carbonyl (C=O) groups is 2. The molecule has 3 amide bonds. The summed E-state index contributed by atoms with van der Waals surface area (Å²) in [5, 5.41) is 3.47. The van der Waals surface area contributed by atoms with Crippen LogP contribution in [-0.2, 0) is 9.53 Å². The quantitative estimate of drug-likeness (QED) is 0.900. The van der Waals surface area contributed by atoms with E-state index in [0.29, 0.717) is 43.5 Å². The van der Waals surface area contributed by atoms with Crippen molar-refractivity contribution in [3.05, 3.63) is 29.3 Å². The molecule has 1 aromatic carbocycles. The van der Waals surface area contributed by atoms with Crippen LogP contribution in [0.3, 0.4) is 0 Å². The van der Waals surface area contributed by atoms with E-state index in [2.05, 4.69) is 5.32 Å². The molecular weight excluding hydrogens is 318 g/mol. The molecule has 7 heteroatoms. The Hall–Kier alpha value is -1.79. The van der Waals surface area contributed by atoms with Gasteiger partial charge in [-0.05, 0) is 37.1 Å². The van der Waals surface area contributed by atoms with Crippen LogP contribution in [-0.4, -0.2) is 60.6 Å². The van der Waals surface area contributed by atoms with Crippen LogP contribution in [0.15, 0.2) is 24.3 Å². The van der Waals surface area contributed by atoms with E-state index < -0.39 is 0 Å². The van der Waals surface area contributed by atoms with Crippen molar-refractivity contribution < 1.29 is 14.3 Å². The minimum atomic E-state index is -0.288. The molecule has 0 aromatic heterocycles. The summed E-state index contributed by atoms with van der Waals surface area (Å²) in [6.07, 6.45) is 1.46. The number of nitrogens with one attached hydrogen (secondary N) is 1. The predicted molar refractivity (Wildman–Crippen MR) is 87.6 cm³/mol. The van der Waals surface area contributed by atoms with Gasteiger partial charge in [0.25, 0.3) is 5.91 Å². The lowest BCUT2D eigenvalue weighted by molar-refractivity contribution is -0.142. The third-order valence-corrected chi connectivity index (χ3v) is 4.43. The largest absolute Gasteiger partial charge is 0.368 e. The smallest absolute Gasteiger partial charge is 0.321 e. The Bertz CT molecular complexity index is 564. The van der Waals surface area contributed by atoms with Crippen LogP contribution in [0, 0.1) is 0 Å². The van der Waals surface area contributed by atoms with E-state index in [9.17, 15) is 9.59 Å². The Morgan fingerprint density at radius 1 is 1.09 bits per heavy atom. The van der Waals surface area contributed by atoms with Gasteiger partial charge in [-0.15, -0.1) is 0 Å². The lowest BCUT2D eigenvalue weighted by atomic mass is 10.2. The zero-order chi connectivity index (χ0) is 16.2. The molecule has 6 nitrogen and oxygen atoms in total. The average molecular weight is 338 g/mol. The monoisotopic (exact) mass is 337 g/mol. The third kappa shape index (κ3) is 3.95. The number of halogens is 1. The lowest BCUT2D eigenvalue weighted by Crippen LogP contribution is -2.53. The highest BCUT2D eigenvalue weighted by Gasteiger charge is 2.31. The maximum Gasteiger partial charge on any atom is 0.321 e. The van der Waals surface area contributed by atoms with Crippen molar-refractivity contribution in [2.24, 2.45) is 0 Å². The molecule has 0 bridgehead atoms. The second-order valence-electron chi connectivity index (χ2n) is 5.75. The van der Waals surface area contributed by atoms with Crippen molar-refractivity contribution in [3.8, 4) is 0 Å². The number of amides is 3. The van der Waals surface area contributed by atoms with Crippen LogP contribution < -0.4 is 5.32 Å². The van der Waals surface area contributed by atoms with Gasteiger partial charge in [-0.25, -0.2) is 4.79 Å². The standard InChI is InChI=1S/C16H20ClN3O3/c17-12-3-5-13(6-4-12)18-16(22)20-9-7-19(8-10-20)15(21)14-2-1-11-23-14/h3-6,14H,1-2,7-11H2,(H,18,22)/t14-/m0/s1. The molecule has 2 aliphatic heterocycles. The molecule has 0 radical (unpaired) electrons. The van der Waals surface area contributed by atoms with Crippen molar-refractivity contribution in [1.82, 2.24) is 9.80 Å². The van der Waals surface area contributed by atoms with Crippen molar-refractivity contribution in [2.45, 2.75) is 18.9 Å². The number of nitrogens with zero attached hydrogens (tertiary/aromatic N) is 2. The summed E-state index contributed by atoms with van der Waals surface area (Å²) in [4.78, 5) is 28.0. The minimum absolute atomic E-state index is 0.0558. The normalized spacial score (nSPS) is 21.3. The molecule has 23 heavy (non-hydrogen) atoms. The fourth-order valence-electron chi connectivity index (χ4n) is 2.84. The number of urea groups is 1. The van der Waals surface area contributed by atoms with E-state index >= 15 is 0 Å². The lowest BCUT2D eigenvalue weighted by Gasteiger charge is -2.35. The van der Waals surface area contributed by atoms with Gasteiger partial charge < -0.3 is 19.9 Å². The summed E-state index contributed by atoms with van der Waals surface area (Å²) < 4.78 is 5.44. The van der Waals surface area contributed by atoms with Crippen LogP contribution in [0.4, 0.5) is 10.5 Å². The first kappa shape index (κ1) is 16.1. The summed E-state index contributed by atoms with van der Waals surface area (Å²) in [7, 11) is 0. The summed E-state index contributed by atoms with van der Waals surface area (Å²) in [5.74, 6) is 0.0558. The molecular formula is C16H20ClN3O3. The number of benzene rings is 1. The molecule has 1 atom stereocenters. The number of ether oxygens (including phenoxy) is 1. The van der Waals surface area contributed by atoms with Crippen molar-refractivity contribution in [1.29, 1.82) is 0 Å². The van der Waals surface area contributed by atoms with E-state index in [0.717, 1.165) is 12.8 Å². The molecule has 2 heterocycles. The first-order valence-electron chi connectivity index (χ1n) is 7.85. The van der Waals surface area contributed by atoms with Crippen LogP contribution in [0.1, 0.15) is 12.8 Å². The van der Waals surface area contributed by atoms with Gasteiger partial charge in [-0.3, -0.25) is 4.79 Å². The molecule has 0 aliphatic carbocycles. The van der Waals surface area contributed by atoms with Crippen LogP contribution in [0.25, 0.3) is 0 Å². The number of piperazine rings is 1.